The SMILES string of the molecule is O=C(NCc1cn2c(n1)SCC2)[C@@H](c1cccnc1)N1CCOCC1. The molecule has 1 fully saturated rings. The Labute approximate surface area is 150 Å². The standard InChI is InChI=1S/C17H21N5O2S/c23-16(19-11-14-12-22-6-9-25-17(22)20-14)15(13-2-1-3-18-10-13)21-4-7-24-8-5-21/h1-3,10,12,15H,4-9,11H2,(H,19,23)/t15-/m1/s1. The number of nitrogens with one attached hydrogen (secondary N) is 1. The molecule has 1 amide bonds. The maximum atomic E-state index is 12.9. The smallest absolute Gasteiger partial charge is 0.242 e. The molecule has 1 saturated heterocycles. The molecule has 2 aromatic heterocycles. The summed E-state index contributed by atoms with van der Waals surface area (Å²) in [4.78, 5) is 23.8. The van der Waals surface area contributed by atoms with Crippen LogP contribution in [-0.4, -0.2) is 57.4 Å². The van der Waals surface area contributed by atoms with Crippen molar-refractivity contribution in [3.63, 3.8) is 0 Å². The molecule has 25 heavy (non-hydrogen) atoms. The van der Waals surface area contributed by atoms with E-state index in [0.29, 0.717) is 19.8 Å². The molecule has 8 heteroatoms. The first-order valence-electron chi connectivity index (χ1n) is 8.49. The van der Waals surface area contributed by atoms with Gasteiger partial charge < -0.3 is 14.6 Å². The van der Waals surface area contributed by atoms with Gasteiger partial charge in [-0.3, -0.25) is 14.7 Å². The summed E-state index contributed by atoms with van der Waals surface area (Å²) in [6.45, 7) is 4.21. The number of pyridine rings is 1. The molecule has 1 atom stereocenters. The Morgan fingerprint density at radius 2 is 2.24 bits per heavy atom. The summed E-state index contributed by atoms with van der Waals surface area (Å²) in [5.74, 6) is 1.06. The number of aryl methyl sites for hydroxylation is 1. The average molecular weight is 359 g/mol. The maximum Gasteiger partial charge on any atom is 0.242 e. The zero-order valence-corrected chi connectivity index (χ0v) is 14.7. The number of imidazole rings is 1. The highest BCUT2D eigenvalue weighted by Gasteiger charge is 2.29. The Hall–Kier alpha value is -1.90. The van der Waals surface area contributed by atoms with Crippen molar-refractivity contribution in [3.05, 3.63) is 42.0 Å². The number of thioether (sulfide) groups is 1. The van der Waals surface area contributed by atoms with Crippen LogP contribution in [0, 0.1) is 0 Å². The second-order valence-corrected chi connectivity index (χ2v) is 7.17. The fourth-order valence-corrected chi connectivity index (χ4v) is 4.18. The molecule has 0 aromatic carbocycles. The minimum Gasteiger partial charge on any atom is -0.379 e. The van der Waals surface area contributed by atoms with Crippen molar-refractivity contribution in [2.75, 3.05) is 32.1 Å². The summed E-state index contributed by atoms with van der Waals surface area (Å²) in [6, 6.07) is 3.48. The lowest BCUT2D eigenvalue weighted by molar-refractivity contribution is -0.128. The summed E-state index contributed by atoms with van der Waals surface area (Å²) in [5.41, 5.74) is 1.81. The van der Waals surface area contributed by atoms with Crippen molar-refractivity contribution in [2.24, 2.45) is 0 Å². The zero-order valence-electron chi connectivity index (χ0n) is 13.9. The largest absolute Gasteiger partial charge is 0.379 e. The third-order valence-electron chi connectivity index (χ3n) is 4.46. The zero-order chi connectivity index (χ0) is 17.1. The highest BCUT2D eigenvalue weighted by Crippen LogP contribution is 2.25. The average Bonchev–Trinajstić information content (AvgIpc) is 3.24. The molecular formula is C17H21N5O2S. The number of nitrogens with zero attached hydrogens (tertiary/aromatic N) is 4. The van der Waals surface area contributed by atoms with Gasteiger partial charge in [0.05, 0.1) is 25.5 Å². The van der Waals surface area contributed by atoms with Gasteiger partial charge in [0.1, 0.15) is 6.04 Å². The van der Waals surface area contributed by atoms with E-state index in [-0.39, 0.29) is 11.9 Å². The van der Waals surface area contributed by atoms with Crippen LogP contribution in [0.3, 0.4) is 0 Å². The van der Waals surface area contributed by atoms with E-state index in [1.165, 1.54) is 0 Å². The molecule has 4 heterocycles. The van der Waals surface area contributed by atoms with Crippen LogP contribution >= 0.6 is 11.8 Å². The highest BCUT2D eigenvalue weighted by atomic mass is 32.2. The summed E-state index contributed by atoms with van der Waals surface area (Å²) in [5, 5.41) is 4.09. The Balaban J connectivity index is 1.46. The number of morpholine rings is 1. The van der Waals surface area contributed by atoms with Gasteiger partial charge in [0.25, 0.3) is 0 Å². The Morgan fingerprint density at radius 3 is 3.00 bits per heavy atom. The lowest BCUT2D eigenvalue weighted by atomic mass is 10.1. The van der Waals surface area contributed by atoms with E-state index in [1.54, 1.807) is 24.2 Å². The lowest BCUT2D eigenvalue weighted by Crippen LogP contribution is -2.45. The Morgan fingerprint density at radius 1 is 1.36 bits per heavy atom. The van der Waals surface area contributed by atoms with Crippen LogP contribution < -0.4 is 5.32 Å². The van der Waals surface area contributed by atoms with Crippen LogP contribution in [-0.2, 0) is 22.6 Å². The quantitative estimate of drug-likeness (QED) is 0.861. The number of amides is 1. The van der Waals surface area contributed by atoms with E-state index in [4.69, 9.17) is 4.74 Å². The van der Waals surface area contributed by atoms with E-state index in [0.717, 1.165) is 41.8 Å². The fraction of sp³-hybridized carbons (Fsp3) is 0.471. The number of hydrogen-bond donors (Lipinski definition) is 1. The topological polar surface area (TPSA) is 72.3 Å². The molecule has 2 aliphatic rings. The fourth-order valence-electron chi connectivity index (χ4n) is 3.22. The normalized spacial score (nSPS) is 18.7. The maximum absolute atomic E-state index is 12.9. The predicted octanol–water partition coefficient (Wildman–Crippen LogP) is 1.07. The first-order valence-corrected chi connectivity index (χ1v) is 9.48. The Kier molecular flexibility index (Phi) is 5.00. The summed E-state index contributed by atoms with van der Waals surface area (Å²) in [6.07, 6.45) is 5.52. The van der Waals surface area contributed by atoms with E-state index in [2.05, 4.69) is 24.8 Å². The van der Waals surface area contributed by atoms with Gasteiger partial charge in [0.15, 0.2) is 5.16 Å². The van der Waals surface area contributed by atoms with Crippen LogP contribution in [0.25, 0.3) is 0 Å². The minimum absolute atomic E-state index is 0.0179. The number of fused-ring (bicyclic) bond motifs is 1. The van der Waals surface area contributed by atoms with Crippen molar-refractivity contribution in [1.29, 1.82) is 0 Å². The van der Waals surface area contributed by atoms with Crippen molar-refractivity contribution >= 4 is 17.7 Å². The number of ether oxygens (including phenoxy) is 1. The molecule has 2 aliphatic heterocycles. The molecule has 7 nitrogen and oxygen atoms in total. The van der Waals surface area contributed by atoms with E-state index in [9.17, 15) is 4.79 Å². The van der Waals surface area contributed by atoms with Gasteiger partial charge in [0, 0.05) is 44.0 Å². The molecule has 0 spiro atoms. The molecular weight excluding hydrogens is 338 g/mol. The van der Waals surface area contributed by atoms with Crippen molar-refractivity contribution in [3.8, 4) is 0 Å². The molecule has 0 saturated carbocycles. The number of rotatable bonds is 5. The van der Waals surface area contributed by atoms with E-state index in [1.807, 2.05) is 18.3 Å². The highest BCUT2D eigenvalue weighted by molar-refractivity contribution is 7.99. The molecule has 2 aromatic rings. The second-order valence-electron chi connectivity index (χ2n) is 6.11. The minimum atomic E-state index is -0.346. The van der Waals surface area contributed by atoms with Gasteiger partial charge in [-0.2, -0.15) is 0 Å². The number of carbonyl (C=O) groups is 1. The van der Waals surface area contributed by atoms with Crippen molar-refractivity contribution in [1.82, 2.24) is 24.8 Å². The molecule has 1 N–H and O–H groups in total. The Bertz CT molecular complexity index is 708. The van der Waals surface area contributed by atoms with E-state index < -0.39 is 0 Å². The summed E-state index contributed by atoms with van der Waals surface area (Å²) < 4.78 is 7.57. The van der Waals surface area contributed by atoms with Gasteiger partial charge in [-0.25, -0.2) is 4.98 Å². The molecule has 0 unspecified atom stereocenters. The third-order valence-corrected chi connectivity index (χ3v) is 5.43. The van der Waals surface area contributed by atoms with E-state index >= 15 is 0 Å². The summed E-state index contributed by atoms with van der Waals surface area (Å²) >= 11 is 1.76. The second kappa shape index (κ2) is 7.55. The van der Waals surface area contributed by atoms with Crippen molar-refractivity contribution < 1.29 is 9.53 Å². The molecule has 0 bridgehead atoms. The van der Waals surface area contributed by atoms with Crippen LogP contribution in [0.2, 0.25) is 0 Å². The number of carbonyl (C=O) groups excluding carboxylic acids is 1. The number of aromatic nitrogens is 3. The van der Waals surface area contributed by atoms with Gasteiger partial charge >= 0.3 is 0 Å². The molecule has 0 aliphatic carbocycles. The van der Waals surface area contributed by atoms with Crippen LogP contribution in [0.15, 0.2) is 35.9 Å². The van der Waals surface area contributed by atoms with Gasteiger partial charge in [-0.05, 0) is 11.6 Å². The van der Waals surface area contributed by atoms with Crippen LogP contribution in [0.1, 0.15) is 17.3 Å². The van der Waals surface area contributed by atoms with Crippen LogP contribution in [0.5, 0.6) is 0 Å². The summed E-state index contributed by atoms with van der Waals surface area (Å²) in [7, 11) is 0. The third kappa shape index (κ3) is 3.70. The van der Waals surface area contributed by atoms with Gasteiger partial charge in [0.2, 0.25) is 5.91 Å². The van der Waals surface area contributed by atoms with Crippen LogP contribution in [0.4, 0.5) is 0 Å². The van der Waals surface area contributed by atoms with Gasteiger partial charge in [-0.15, -0.1) is 0 Å². The first kappa shape index (κ1) is 16.6. The molecule has 0 radical (unpaired) electrons. The van der Waals surface area contributed by atoms with Crippen molar-refractivity contribution in [2.45, 2.75) is 24.3 Å². The lowest BCUT2D eigenvalue weighted by Gasteiger charge is -2.33. The predicted molar refractivity (Wildman–Crippen MR) is 94.2 cm³/mol. The first-order chi connectivity index (χ1) is 12.3. The number of hydrogen-bond acceptors (Lipinski definition) is 6. The monoisotopic (exact) mass is 359 g/mol. The van der Waals surface area contributed by atoms with Gasteiger partial charge in [-0.1, -0.05) is 17.8 Å². The molecule has 4 rings (SSSR count). The molecule has 132 valence electrons.